The van der Waals surface area contributed by atoms with Crippen molar-refractivity contribution in [1.29, 1.82) is 0 Å². The molecule has 0 heterocycles. The van der Waals surface area contributed by atoms with Crippen LogP contribution in [0.1, 0.15) is 5.56 Å². The lowest BCUT2D eigenvalue weighted by atomic mass is 10.2. The second-order valence-electron chi connectivity index (χ2n) is 3.58. The summed E-state index contributed by atoms with van der Waals surface area (Å²) in [5, 5.41) is 3.36. The van der Waals surface area contributed by atoms with Gasteiger partial charge in [0.25, 0.3) is 0 Å². The topological polar surface area (TPSA) is 58.2 Å². The first-order valence-electron chi connectivity index (χ1n) is 4.98. The van der Waals surface area contributed by atoms with Gasteiger partial charge in [0.1, 0.15) is 5.82 Å². The van der Waals surface area contributed by atoms with E-state index >= 15 is 0 Å². The molecule has 0 radical (unpaired) electrons. The average Bonchev–Trinajstić information content (AvgIpc) is 2.18. The largest absolute Gasteiger partial charge is 0.311 e. The Morgan fingerprint density at radius 2 is 2.06 bits per heavy atom. The van der Waals surface area contributed by atoms with E-state index in [0.29, 0.717) is 24.7 Å². The minimum absolute atomic E-state index is 0.303. The van der Waals surface area contributed by atoms with Crippen LogP contribution in [0.4, 0.5) is 4.39 Å². The van der Waals surface area contributed by atoms with E-state index in [1.807, 2.05) is 0 Å². The summed E-state index contributed by atoms with van der Waals surface area (Å²) < 4.78 is 36.6. The van der Waals surface area contributed by atoms with Crippen molar-refractivity contribution >= 4 is 21.6 Å². The van der Waals surface area contributed by atoms with E-state index in [0.717, 1.165) is 11.8 Å². The molecule has 0 fully saturated rings. The maximum absolute atomic E-state index is 12.7. The predicted octanol–water partition coefficient (Wildman–Crippen LogP) is 1.12. The SMILES string of the molecule is CS(=O)(=O)NCCNCc1ccc(F)cc1Cl. The van der Waals surface area contributed by atoms with Crippen LogP contribution in [0, 0.1) is 5.82 Å². The Balaban J connectivity index is 2.32. The van der Waals surface area contributed by atoms with Crippen molar-refractivity contribution in [2.75, 3.05) is 19.3 Å². The average molecular weight is 281 g/mol. The van der Waals surface area contributed by atoms with Crippen molar-refractivity contribution in [3.8, 4) is 0 Å². The quantitative estimate of drug-likeness (QED) is 0.768. The smallest absolute Gasteiger partial charge is 0.208 e. The lowest BCUT2D eigenvalue weighted by Gasteiger charge is -2.07. The van der Waals surface area contributed by atoms with Gasteiger partial charge in [0, 0.05) is 24.7 Å². The molecule has 0 amide bonds. The second-order valence-corrected chi connectivity index (χ2v) is 5.82. The third kappa shape index (κ3) is 5.97. The molecule has 7 heteroatoms. The molecular formula is C10H14ClFN2O2S. The molecule has 0 unspecified atom stereocenters. The fourth-order valence-electron chi connectivity index (χ4n) is 1.21. The van der Waals surface area contributed by atoms with Crippen molar-refractivity contribution in [2.45, 2.75) is 6.54 Å². The molecule has 0 saturated carbocycles. The number of rotatable bonds is 6. The number of sulfonamides is 1. The zero-order valence-corrected chi connectivity index (χ0v) is 10.9. The second kappa shape index (κ2) is 6.30. The van der Waals surface area contributed by atoms with Gasteiger partial charge in [-0.3, -0.25) is 0 Å². The van der Waals surface area contributed by atoms with E-state index < -0.39 is 10.0 Å². The molecular weight excluding hydrogens is 267 g/mol. The third-order valence-electron chi connectivity index (χ3n) is 2.00. The summed E-state index contributed by atoms with van der Waals surface area (Å²) in [6.07, 6.45) is 1.10. The Morgan fingerprint density at radius 1 is 1.35 bits per heavy atom. The van der Waals surface area contributed by atoms with Crippen molar-refractivity contribution in [1.82, 2.24) is 10.0 Å². The Labute approximate surface area is 105 Å². The van der Waals surface area contributed by atoms with E-state index in [1.54, 1.807) is 6.07 Å². The highest BCUT2D eigenvalue weighted by Gasteiger charge is 2.02. The summed E-state index contributed by atoms with van der Waals surface area (Å²) in [6, 6.07) is 4.17. The minimum atomic E-state index is -3.15. The zero-order chi connectivity index (χ0) is 12.9. The molecule has 0 aliphatic heterocycles. The highest BCUT2D eigenvalue weighted by Crippen LogP contribution is 2.16. The Kier molecular flexibility index (Phi) is 5.32. The van der Waals surface area contributed by atoms with E-state index in [1.165, 1.54) is 12.1 Å². The number of benzene rings is 1. The third-order valence-corrected chi connectivity index (χ3v) is 3.08. The molecule has 0 atom stereocenters. The molecule has 17 heavy (non-hydrogen) atoms. The Hall–Kier alpha value is -0.690. The van der Waals surface area contributed by atoms with Crippen molar-refractivity contribution in [3.63, 3.8) is 0 Å². The Morgan fingerprint density at radius 3 is 2.65 bits per heavy atom. The van der Waals surface area contributed by atoms with Gasteiger partial charge >= 0.3 is 0 Å². The van der Waals surface area contributed by atoms with Crippen LogP contribution in [0.2, 0.25) is 5.02 Å². The van der Waals surface area contributed by atoms with Crippen LogP contribution in [-0.4, -0.2) is 27.8 Å². The van der Waals surface area contributed by atoms with Crippen LogP contribution in [0.25, 0.3) is 0 Å². The van der Waals surface area contributed by atoms with Crippen molar-refractivity contribution in [3.05, 3.63) is 34.6 Å². The van der Waals surface area contributed by atoms with Crippen LogP contribution >= 0.6 is 11.6 Å². The van der Waals surface area contributed by atoms with E-state index in [-0.39, 0.29) is 5.82 Å². The van der Waals surface area contributed by atoms with Gasteiger partial charge in [-0.1, -0.05) is 17.7 Å². The number of hydrogen-bond acceptors (Lipinski definition) is 3. The maximum Gasteiger partial charge on any atom is 0.208 e. The summed E-state index contributed by atoms with van der Waals surface area (Å²) in [7, 11) is -3.15. The maximum atomic E-state index is 12.7. The van der Waals surface area contributed by atoms with E-state index in [9.17, 15) is 12.8 Å². The van der Waals surface area contributed by atoms with Crippen molar-refractivity contribution < 1.29 is 12.8 Å². The first-order chi connectivity index (χ1) is 7.88. The summed E-state index contributed by atoms with van der Waals surface area (Å²) in [5.41, 5.74) is 0.771. The summed E-state index contributed by atoms with van der Waals surface area (Å²) in [5.74, 6) is -0.377. The summed E-state index contributed by atoms with van der Waals surface area (Å²) >= 11 is 5.82. The molecule has 2 N–H and O–H groups in total. The molecule has 96 valence electrons. The van der Waals surface area contributed by atoms with Gasteiger partial charge in [0.15, 0.2) is 0 Å². The van der Waals surface area contributed by atoms with Gasteiger partial charge in [0.05, 0.1) is 6.26 Å². The van der Waals surface area contributed by atoms with Gasteiger partial charge in [-0.15, -0.1) is 0 Å². The molecule has 0 aliphatic rings. The van der Waals surface area contributed by atoms with E-state index in [2.05, 4.69) is 10.0 Å². The van der Waals surface area contributed by atoms with Crippen LogP contribution < -0.4 is 10.0 Å². The summed E-state index contributed by atoms with van der Waals surface area (Å²) in [6.45, 7) is 1.24. The van der Waals surface area contributed by atoms with Gasteiger partial charge in [-0.25, -0.2) is 17.5 Å². The normalized spacial score (nSPS) is 11.7. The van der Waals surface area contributed by atoms with Gasteiger partial charge in [0.2, 0.25) is 10.0 Å². The number of nitrogens with one attached hydrogen (secondary N) is 2. The molecule has 1 rings (SSSR count). The summed E-state index contributed by atoms with van der Waals surface area (Å²) in [4.78, 5) is 0. The minimum Gasteiger partial charge on any atom is -0.311 e. The monoisotopic (exact) mass is 280 g/mol. The highest BCUT2D eigenvalue weighted by molar-refractivity contribution is 7.88. The fraction of sp³-hybridized carbons (Fsp3) is 0.400. The zero-order valence-electron chi connectivity index (χ0n) is 9.33. The Bertz CT molecular complexity index is 479. The first kappa shape index (κ1) is 14.4. The molecule has 0 saturated heterocycles. The number of halogens is 2. The van der Waals surface area contributed by atoms with E-state index in [4.69, 9.17) is 11.6 Å². The molecule has 1 aromatic rings. The molecule has 4 nitrogen and oxygen atoms in total. The molecule has 0 aromatic heterocycles. The lowest BCUT2D eigenvalue weighted by molar-refractivity contribution is 0.581. The number of hydrogen-bond donors (Lipinski definition) is 2. The molecule has 1 aromatic carbocycles. The van der Waals surface area contributed by atoms with Gasteiger partial charge < -0.3 is 5.32 Å². The standard InChI is InChI=1S/C10H14ClFN2O2S/c1-17(15,16)14-5-4-13-7-8-2-3-9(12)6-10(8)11/h2-3,6,13-14H,4-5,7H2,1H3. The van der Waals surface area contributed by atoms with Gasteiger partial charge in [-0.05, 0) is 17.7 Å². The van der Waals surface area contributed by atoms with Crippen LogP contribution in [-0.2, 0) is 16.6 Å². The van der Waals surface area contributed by atoms with Crippen molar-refractivity contribution in [2.24, 2.45) is 0 Å². The van der Waals surface area contributed by atoms with Crippen LogP contribution in [0.3, 0.4) is 0 Å². The van der Waals surface area contributed by atoms with Crippen LogP contribution in [0.15, 0.2) is 18.2 Å². The van der Waals surface area contributed by atoms with Gasteiger partial charge in [-0.2, -0.15) is 0 Å². The molecule has 0 bridgehead atoms. The predicted molar refractivity (Wildman–Crippen MR) is 66.0 cm³/mol. The molecule has 0 spiro atoms. The highest BCUT2D eigenvalue weighted by atomic mass is 35.5. The van der Waals surface area contributed by atoms with Crippen LogP contribution in [0.5, 0.6) is 0 Å². The fourth-order valence-corrected chi connectivity index (χ4v) is 1.92. The molecule has 0 aliphatic carbocycles. The lowest BCUT2D eigenvalue weighted by Crippen LogP contribution is -2.30. The first-order valence-corrected chi connectivity index (χ1v) is 7.25.